The molecule has 0 aliphatic carbocycles. The van der Waals surface area contributed by atoms with Gasteiger partial charge in [0.15, 0.2) is 0 Å². The number of carbonyl (C=O) groups excluding carboxylic acids is 1. The summed E-state index contributed by atoms with van der Waals surface area (Å²) in [6, 6.07) is 3.81. The van der Waals surface area contributed by atoms with Crippen LogP contribution in [0.1, 0.15) is 22.8 Å². The third-order valence-electron chi connectivity index (χ3n) is 2.80. The van der Waals surface area contributed by atoms with Crippen LogP contribution >= 0.6 is 0 Å². The number of hydrogen-bond donors (Lipinski definition) is 0. The Kier molecular flexibility index (Phi) is 2.34. The van der Waals surface area contributed by atoms with E-state index >= 15 is 0 Å². The van der Waals surface area contributed by atoms with Crippen LogP contribution in [0.15, 0.2) is 18.2 Å². The molecule has 0 aromatic heterocycles. The average Bonchev–Trinajstić information content (AvgIpc) is 2.51. The van der Waals surface area contributed by atoms with Crippen molar-refractivity contribution < 1.29 is 27.4 Å². The standard InChI is InChI=1S/C11H9F3O3/c1-10(11(12,13)14)8-4-3-6(16-2)5-7(8)9(15)17-10/h3-5H,1-2H3. The lowest BCUT2D eigenvalue weighted by Gasteiger charge is -2.26. The van der Waals surface area contributed by atoms with E-state index in [0.29, 0.717) is 5.75 Å². The van der Waals surface area contributed by atoms with Gasteiger partial charge in [0.2, 0.25) is 5.60 Å². The van der Waals surface area contributed by atoms with Gasteiger partial charge in [-0.1, -0.05) is 6.07 Å². The van der Waals surface area contributed by atoms with Crippen LogP contribution in [0.5, 0.6) is 5.75 Å². The van der Waals surface area contributed by atoms with Gasteiger partial charge < -0.3 is 9.47 Å². The third kappa shape index (κ3) is 1.55. The highest BCUT2D eigenvalue weighted by Crippen LogP contribution is 2.48. The number of fused-ring (bicyclic) bond motifs is 1. The number of methoxy groups -OCH3 is 1. The first-order valence-electron chi connectivity index (χ1n) is 4.78. The summed E-state index contributed by atoms with van der Waals surface area (Å²) in [6.07, 6.45) is -4.65. The second-order valence-electron chi connectivity index (χ2n) is 3.83. The van der Waals surface area contributed by atoms with E-state index in [-0.39, 0.29) is 11.1 Å². The normalized spacial score (nSPS) is 23.2. The van der Waals surface area contributed by atoms with Crippen molar-refractivity contribution in [1.29, 1.82) is 0 Å². The van der Waals surface area contributed by atoms with Crippen LogP contribution in [0.2, 0.25) is 0 Å². The summed E-state index contributed by atoms with van der Waals surface area (Å²) in [4.78, 5) is 11.4. The van der Waals surface area contributed by atoms with E-state index < -0.39 is 17.7 Å². The van der Waals surface area contributed by atoms with Crippen molar-refractivity contribution in [2.45, 2.75) is 18.7 Å². The molecule has 0 N–H and O–H groups in total. The molecule has 0 radical (unpaired) electrons. The molecule has 92 valence electrons. The molecule has 3 nitrogen and oxygen atoms in total. The summed E-state index contributed by atoms with van der Waals surface area (Å²) >= 11 is 0. The predicted octanol–water partition coefficient (Wildman–Crippen LogP) is 2.64. The van der Waals surface area contributed by atoms with Gasteiger partial charge in [0, 0.05) is 5.56 Å². The Labute approximate surface area is 95.1 Å². The number of rotatable bonds is 1. The minimum Gasteiger partial charge on any atom is -0.497 e. The highest BCUT2D eigenvalue weighted by Gasteiger charge is 2.60. The Bertz CT molecular complexity index is 481. The zero-order chi connectivity index (χ0) is 12.8. The van der Waals surface area contributed by atoms with Crippen LogP contribution in [0, 0.1) is 0 Å². The van der Waals surface area contributed by atoms with Gasteiger partial charge in [0.1, 0.15) is 5.75 Å². The highest BCUT2D eigenvalue weighted by molar-refractivity contribution is 5.95. The average molecular weight is 246 g/mol. The zero-order valence-corrected chi connectivity index (χ0v) is 9.09. The number of esters is 1. The van der Waals surface area contributed by atoms with Crippen molar-refractivity contribution in [2.75, 3.05) is 7.11 Å². The SMILES string of the molecule is COc1ccc2c(c1)C(=O)OC2(C)C(F)(F)F. The Morgan fingerprint density at radius 3 is 2.53 bits per heavy atom. The van der Waals surface area contributed by atoms with E-state index in [1.807, 2.05) is 0 Å². The molecule has 2 rings (SSSR count). The summed E-state index contributed by atoms with van der Waals surface area (Å²) in [6.45, 7) is 0.837. The van der Waals surface area contributed by atoms with E-state index in [2.05, 4.69) is 4.74 Å². The second-order valence-corrected chi connectivity index (χ2v) is 3.83. The van der Waals surface area contributed by atoms with Gasteiger partial charge in [0.25, 0.3) is 0 Å². The molecule has 0 bridgehead atoms. The van der Waals surface area contributed by atoms with E-state index in [9.17, 15) is 18.0 Å². The maximum absolute atomic E-state index is 12.9. The molecule has 1 aliphatic rings. The first-order valence-corrected chi connectivity index (χ1v) is 4.78. The number of hydrogen-bond acceptors (Lipinski definition) is 3. The molecule has 0 saturated heterocycles. The second kappa shape index (κ2) is 3.38. The van der Waals surface area contributed by atoms with Crippen LogP contribution in [-0.4, -0.2) is 19.3 Å². The molecular weight excluding hydrogens is 237 g/mol. The first-order chi connectivity index (χ1) is 7.79. The molecule has 17 heavy (non-hydrogen) atoms. The molecule has 1 aliphatic heterocycles. The molecule has 1 aromatic rings. The smallest absolute Gasteiger partial charge is 0.432 e. The fourth-order valence-corrected chi connectivity index (χ4v) is 1.74. The lowest BCUT2D eigenvalue weighted by Crippen LogP contribution is -2.39. The number of benzene rings is 1. The summed E-state index contributed by atoms with van der Waals surface area (Å²) in [5.41, 5.74) is -2.87. The highest BCUT2D eigenvalue weighted by atomic mass is 19.4. The van der Waals surface area contributed by atoms with Gasteiger partial charge >= 0.3 is 12.1 Å². The van der Waals surface area contributed by atoms with Crippen molar-refractivity contribution in [2.24, 2.45) is 0 Å². The van der Waals surface area contributed by atoms with E-state index in [4.69, 9.17) is 4.74 Å². The number of cyclic esters (lactones) is 1. The lowest BCUT2D eigenvalue weighted by molar-refractivity contribution is -0.253. The van der Waals surface area contributed by atoms with Gasteiger partial charge in [-0.2, -0.15) is 13.2 Å². The molecule has 6 heteroatoms. The van der Waals surface area contributed by atoms with Crippen LogP contribution in [-0.2, 0) is 10.3 Å². The predicted molar refractivity (Wildman–Crippen MR) is 51.8 cm³/mol. The fraction of sp³-hybridized carbons (Fsp3) is 0.364. The largest absolute Gasteiger partial charge is 0.497 e. The Morgan fingerprint density at radius 1 is 1.35 bits per heavy atom. The minimum atomic E-state index is -4.65. The maximum Gasteiger partial charge on any atom is 0.432 e. The van der Waals surface area contributed by atoms with Gasteiger partial charge in [-0.3, -0.25) is 0 Å². The molecule has 0 spiro atoms. The third-order valence-corrected chi connectivity index (χ3v) is 2.80. The van der Waals surface area contributed by atoms with E-state index in [0.717, 1.165) is 6.92 Å². The quantitative estimate of drug-likeness (QED) is 0.714. The van der Waals surface area contributed by atoms with Crippen molar-refractivity contribution in [1.82, 2.24) is 0 Å². The molecule has 1 atom stereocenters. The molecule has 0 fully saturated rings. The first kappa shape index (κ1) is 11.8. The lowest BCUT2D eigenvalue weighted by atomic mass is 9.93. The molecule has 1 heterocycles. The summed E-state index contributed by atoms with van der Waals surface area (Å²) < 4.78 is 47.9. The molecule has 0 saturated carbocycles. The van der Waals surface area contributed by atoms with Gasteiger partial charge in [-0.25, -0.2) is 4.79 Å². The molecule has 0 amide bonds. The maximum atomic E-state index is 12.9. The van der Waals surface area contributed by atoms with Gasteiger partial charge in [0.05, 0.1) is 12.7 Å². The van der Waals surface area contributed by atoms with Crippen LogP contribution in [0.25, 0.3) is 0 Å². The van der Waals surface area contributed by atoms with Gasteiger partial charge in [-0.15, -0.1) is 0 Å². The zero-order valence-electron chi connectivity index (χ0n) is 9.09. The number of halogens is 3. The topological polar surface area (TPSA) is 35.5 Å². The van der Waals surface area contributed by atoms with Gasteiger partial charge in [-0.05, 0) is 19.1 Å². The van der Waals surface area contributed by atoms with Crippen molar-refractivity contribution in [3.05, 3.63) is 29.3 Å². The summed E-state index contributed by atoms with van der Waals surface area (Å²) in [5, 5.41) is 0. The van der Waals surface area contributed by atoms with E-state index in [1.54, 1.807) is 0 Å². The van der Waals surface area contributed by atoms with Crippen molar-refractivity contribution in [3.8, 4) is 5.75 Å². The fourth-order valence-electron chi connectivity index (χ4n) is 1.74. The van der Waals surface area contributed by atoms with Crippen LogP contribution in [0.4, 0.5) is 13.2 Å². The molecule has 1 unspecified atom stereocenters. The van der Waals surface area contributed by atoms with Crippen LogP contribution < -0.4 is 4.74 Å². The monoisotopic (exact) mass is 246 g/mol. The van der Waals surface area contributed by atoms with Crippen molar-refractivity contribution >= 4 is 5.97 Å². The number of alkyl halides is 3. The van der Waals surface area contributed by atoms with Crippen LogP contribution in [0.3, 0.4) is 0 Å². The summed E-state index contributed by atoms with van der Waals surface area (Å²) in [5.74, 6) is -0.675. The molecular formula is C11H9F3O3. The Balaban J connectivity index is 2.60. The number of carbonyl (C=O) groups is 1. The number of ether oxygens (including phenoxy) is 2. The van der Waals surface area contributed by atoms with E-state index in [1.165, 1.54) is 25.3 Å². The summed E-state index contributed by atoms with van der Waals surface area (Å²) in [7, 11) is 1.37. The minimum absolute atomic E-state index is 0.107. The van der Waals surface area contributed by atoms with Crippen molar-refractivity contribution in [3.63, 3.8) is 0 Å². The molecule has 1 aromatic carbocycles. The Hall–Kier alpha value is -1.72. The Morgan fingerprint density at radius 2 is 2.00 bits per heavy atom.